The van der Waals surface area contributed by atoms with Gasteiger partial charge in [-0.2, -0.15) is 0 Å². The Morgan fingerprint density at radius 1 is 1.50 bits per heavy atom. The van der Waals surface area contributed by atoms with E-state index in [2.05, 4.69) is 44.0 Å². The SMILES string of the molecule is BrC1(Br)C=CC1. The van der Waals surface area contributed by atoms with Crippen LogP contribution in [0.2, 0.25) is 0 Å². The molecule has 34 valence electrons. The van der Waals surface area contributed by atoms with E-state index in [-0.39, 0.29) is 3.23 Å². The third kappa shape index (κ3) is 0.850. The molecular weight excluding hydrogens is 208 g/mol. The highest BCUT2D eigenvalue weighted by Gasteiger charge is 2.22. The van der Waals surface area contributed by atoms with Crippen LogP contribution in [0.25, 0.3) is 0 Å². The van der Waals surface area contributed by atoms with E-state index in [1.165, 1.54) is 0 Å². The standard InChI is InChI=1S/C4H4Br2/c5-4(6)2-1-3-4/h1-2H,3H2. The Bertz CT molecular complexity index is 83.5. The fourth-order valence-electron chi connectivity index (χ4n) is 0.296. The van der Waals surface area contributed by atoms with Gasteiger partial charge in [0, 0.05) is 0 Å². The third-order valence-corrected chi connectivity index (χ3v) is 1.93. The minimum atomic E-state index is 0.167. The lowest BCUT2D eigenvalue weighted by molar-refractivity contribution is 0.953. The summed E-state index contributed by atoms with van der Waals surface area (Å²) in [6.07, 6.45) is 5.30. The van der Waals surface area contributed by atoms with E-state index in [9.17, 15) is 0 Å². The van der Waals surface area contributed by atoms with Crippen LogP contribution in [-0.2, 0) is 0 Å². The molecule has 0 bridgehead atoms. The maximum Gasteiger partial charge on any atom is 0.102 e. The summed E-state index contributed by atoms with van der Waals surface area (Å²) in [7, 11) is 0. The van der Waals surface area contributed by atoms with Crippen LogP contribution in [0.5, 0.6) is 0 Å². The van der Waals surface area contributed by atoms with Crippen LogP contribution in [-0.4, -0.2) is 3.23 Å². The van der Waals surface area contributed by atoms with E-state index in [1.807, 2.05) is 0 Å². The average Bonchev–Trinajstić information content (AvgIpc) is 1.32. The molecule has 0 fully saturated rings. The van der Waals surface area contributed by atoms with E-state index < -0.39 is 0 Å². The molecule has 1 aliphatic rings. The Balaban J connectivity index is 2.57. The fraction of sp³-hybridized carbons (Fsp3) is 0.500. The maximum atomic E-state index is 3.39. The highest BCUT2D eigenvalue weighted by atomic mass is 79.9. The van der Waals surface area contributed by atoms with Crippen LogP contribution in [0, 0.1) is 0 Å². The van der Waals surface area contributed by atoms with Crippen molar-refractivity contribution in [2.75, 3.05) is 0 Å². The molecule has 0 spiro atoms. The van der Waals surface area contributed by atoms with Gasteiger partial charge in [0.25, 0.3) is 0 Å². The Morgan fingerprint density at radius 2 is 1.83 bits per heavy atom. The van der Waals surface area contributed by atoms with Gasteiger partial charge in [0.05, 0.1) is 0 Å². The second kappa shape index (κ2) is 1.34. The first-order valence-corrected chi connectivity index (χ1v) is 3.35. The van der Waals surface area contributed by atoms with Gasteiger partial charge in [-0.15, -0.1) is 0 Å². The summed E-state index contributed by atoms with van der Waals surface area (Å²) in [6.45, 7) is 0. The van der Waals surface area contributed by atoms with Crippen molar-refractivity contribution in [2.45, 2.75) is 9.65 Å². The van der Waals surface area contributed by atoms with Crippen LogP contribution < -0.4 is 0 Å². The first kappa shape index (κ1) is 4.85. The molecule has 1 rings (SSSR count). The van der Waals surface area contributed by atoms with Gasteiger partial charge in [0.15, 0.2) is 0 Å². The number of hydrogen-bond donors (Lipinski definition) is 0. The molecule has 2 heteroatoms. The van der Waals surface area contributed by atoms with Gasteiger partial charge in [0.1, 0.15) is 3.23 Å². The Kier molecular flexibility index (Phi) is 1.08. The van der Waals surface area contributed by atoms with Gasteiger partial charge in [-0.05, 0) is 6.42 Å². The normalized spacial score (nSPS) is 26.3. The van der Waals surface area contributed by atoms with Gasteiger partial charge in [-0.1, -0.05) is 44.0 Å². The van der Waals surface area contributed by atoms with Crippen molar-refractivity contribution in [1.29, 1.82) is 0 Å². The van der Waals surface area contributed by atoms with Crippen molar-refractivity contribution in [3.05, 3.63) is 12.2 Å². The molecule has 0 atom stereocenters. The summed E-state index contributed by atoms with van der Waals surface area (Å²) in [5, 5.41) is 0. The van der Waals surface area contributed by atoms with Gasteiger partial charge in [-0.25, -0.2) is 0 Å². The topological polar surface area (TPSA) is 0 Å². The van der Waals surface area contributed by atoms with Crippen molar-refractivity contribution in [2.24, 2.45) is 0 Å². The van der Waals surface area contributed by atoms with Crippen molar-refractivity contribution in [3.8, 4) is 0 Å². The lowest BCUT2D eigenvalue weighted by Crippen LogP contribution is -2.11. The summed E-state index contributed by atoms with van der Waals surface area (Å²) in [5.74, 6) is 0. The molecule has 0 radical (unpaired) electrons. The van der Waals surface area contributed by atoms with Crippen molar-refractivity contribution in [1.82, 2.24) is 0 Å². The number of rotatable bonds is 0. The third-order valence-electron chi connectivity index (χ3n) is 0.752. The van der Waals surface area contributed by atoms with Gasteiger partial charge in [-0.3, -0.25) is 0 Å². The molecule has 0 nitrogen and oxygen atoms in total. The lowest BCUT2D eigenvalue weighted by atomic mass is 10.1. The highest BCUT2D eigenvalue weighted by molar-refractivity contribution is 9.25. The largest absolute Gasteiger partial charge is 0.102 e. The van der Waals surface area contributed by atoms with Crippen LogP contribution in [0.15, 0.2) is 12.2 Å². The minimum Gasteiger partial charge on any atom is -0.0837 e. The van der Waals surface area contributed by atoms with Gasteiger partial charge >= 0.3 is 0 Å². The van der Waals surface area contributed by atoms with Gasteiger partial charge in [0.2, 0.25) is 0 Å². The first-order chi connectivity index (χ1) is 2.71. The molecule has 0 aromatic carbocycles. The van der Waals surface area contributed by atoms with E-state index in [1.54, 1.807) is 0 Å². The summed E-state index contributed by atoms with van der Waals surface area (Å²) < 4.78 is 0.167. The second-order valence-corrected chi connectivity index (χ2v) is 5.26. The van der Waals surface area contributed by atoms with Crippen LogP contribution >= 0.6 is 31.9 Å². The zero-order valence-electron chi connectivity index (χ0n) is 3.12. The van der Waals surface area contributed by atoms with Crippen molar-refractivity contribution in [3.63, 3.8) is 0 Å². The molecule has 0 unspecified atom stereocenters. The van der Waals surface area contributed by atoms with Gasteiger partial charge < -0.3 is 0 Å². The average molecular weight is 212 g/mol. The Labute approximate surface area is 53.9 Å². The molecule has 0 aliphatic heterocycles. The molecular formula is C4H4Br2. The number of halogens is 2. The monoisotopic (exact) mass is 210 g/mol. The molecule has 0 heterocycles. The van der Waals surface area contributed by atoms with Crippen molar-refractivity contribution < 1.29 is 0 Å². The number of allylic oxidation sites excluding steroid dienone is 2. The fourth-order valence-corrected chi connectivity index (χ4v) is 1.04. The molecule has 0 N–H and O–H groups in total. The molecule has 0 amide bonds. The number of hydrogen-bond acceptors (Lipinski definition) is 0. The zero-order valence-corrected chi connectivity index (χ0v) is 6.29. The lowest BCUT2D eigenvalue weighted by Gasteiger charge is -2.20. The van der Waals surface area contributed by atoms with E-state index >= 15 is 0 Å². The quantitative estimate of drug-likeness (QED) is 0.427. The van der Waals surface area contributed by atoms with E-state index in [0.29, 0.717) is 0 Å². The minimum absolute atomic E-state index is 0.167. The summed E-state index contributed by atoms with van der Waals surface area (Å²) in [5.41, 5.74) is 0. The second-order valence-electron chi connectivity index (χ2n) is 1.37. The maximum absolute atomic E-state index is 3.39. The smallest absolute Gasteiger partial charge is 0.0837 e. The van der Waals surface area contributed by atoms with Crippen LogP contribution in [0.4, 0.5) is 0 Å². The van der Waals surface area contributed by atoms with Crippen LogP contribution in [0.1, 0.15) is 6.42 Å². The molecule has 0 saturated heterocycles. The highest BCUT2D eigenvalue weighted by Crippen LogP contribution is 2.38. The molecule has 1 aliphatic carbocycles. The van der Waals surface area contributed by atoms with E-state index in [4.69, 9.17) is 0 Å². The molecule has 0 aromatic rings. The van der Waals surface area contributed by atoms with Crippen molar-refractivity contribution >= 4 is 31.9 Å². The molecule has 6 heavy (non-hydrogen) atoms. The number of alkyl halides is 2. The first-order valence-electron chi connectivity index (χ1n) is 1.76. The molecule has 0 aromatic heterocycles. The van der Waals surface area contributed by atoms with E-state index in [0.717, 1.165) is 6.42 Å². The summed E-state index contributed by atoms with van der Waals surface area (Å²) >= 11 is 6.79. The predicted octanol–water partition coefficient (Wildman–Crippen LogP) is 2.43. The zero-order chi connectivity index (χ0) is 4.62. The summed E-state index contributed by atoms with van der Waals surface area (Å²) in [6, 6.07) is 0. The predicted molar refractivity (Wildman–Crippen MR) is 34.3 cm³/mol. The van der Waals surface area contributed by atoms with Crippen LogP contribution in [0.3, 0.4) is 0 Å². The summed E-state index contributed by atoms with van der Waals surface area (Å²) in [4.78, 5) is 0. The Morgan fingerprint density at radius 3 is 1.83 bits per heavy atom. The Hall–Kier alpha value is 0.700. The molecule has 0 saturated carbocycles.